The quantitative estimate of drug-likeness (QED) is 0.637. The van der Waals surface area contributed by atoms with E-state index in [-0.39, 0.29) is 5.41 Å². The summed E-state index contributed by atoms with van der Waals surface area (Å²) in [6.45, 7) is 16.8. The lowest BCUT2D eigenvalue weighted by Crippen LogP contribution is -2.34. The molecule has 0 spiro atoms. The minimum absolute atomic E-state index is 0.231. The van der Waals surface area contributed by atoms with Crippen molar-refractivity contribution in [2.24, 2.45) is 0 Å². The van der Waals surface area contributed by atoms with Gasteiger partial charge in [-0.3, -0.25) is 0 Å². The molecule has 0 heterocycles. The zero-order valence-electron chi connectivity index (χ0n) is 13.6. The molecule has 1 aliphatic carbocycles. The number of fused-ring (bicyclic) bond motifs is 1. The van der Waals surface area contributed by atoms with Crippen LogP contribution < -0.4 is 0 Å². The van der Waals surface area contributed by atoms with E-state index >= 15 is 0 Å². The molecule has 2 rings (SSSR count). The van der Waals surface area contributed by atoms with Gasteiger partial charge in [-0.15, -0.1) is 0 Å². The summed E-state index contributed by atoms with van der Waals surface area (Å²) < 4.78 is 0. The predicted molar refractivity (Wildman–Crippen MR) is 89.5 cm³/mol. The fraction of sp³-hybridized carbons (Fsp3) is 0.556. The molecule has 0 saturated heterocycles. The van der Waals surface area contributed by atoms with Crippen molar-refractivity contribution in [1.29, 1.82) is 0 Å². The third-order valence-electron chi connectivity index (χ3n) is 4.59. The zero-order chi connectivity index (χ0) is 14.4. The summed E-state index contributed by atoms with van der Waals surface area (Å²) in [4.78, 5) is 0. The molecule has 0 unspecified atom stereocenters. The fourth-order valence-corrected chi connectivity index (χ4v) is 6.26. The topological polar surface area (TPSA) is 0 Å². The van der Waals surface area contributed by atoms with E-state index in [4.69, 9.17) is 0 Å². The molecule has 19 heavy (non-hydrogen) atoms. The van der Waals surface area contributed by atoms with E-state index in [1.54, 1.807) is 10.8 Å². The van der Waals surface area contributed by atoms with Crippen molar-refractivity contribution in [2.75, 3.05) is 0 Å². The minimum Gasteiger partial charge on any atom is -0.0707 e. The van der Waals surface area contributed by atoms with E-state index in [1.165, 1.54) is 29.5 Å². The summed E-state index contributed by atoms with van der Waals surface area (Å²) in [5, 5.41) is 1.70. The first-order valence-electron chi connectivity index (χ1n) is 7.55. The number of allylic oxidation sites excluding steroid dienone is 1. The van der Waals surface area contributed by atoms with E-state index in [1.807, 2.05) is 0 Å². The standard InChI is InChI=1S/C18H28Si/c1-8-9-14-10-11-16-15(13(14)2)12-17(18(16,3)4)19(5,6)7/h10-12H,8-9H2,1-7H3. The van der Waals surface area contributed by atoms with Crippen molar-refractivity contribution in [3.63, 3.8) is 0 Å². The Morgan fingerprint density at radius 2 is 1.74 bits per heavy atom. The normalized spacial score (nSPS) is 17.3. The fourth-order valence-electron chi connectivity index (χ4n) is 3.67. The van der Waals surface area contributed by atoms with Crippen molar-refractivity contribution in [1.82, 2.24) is 0 Å². The molecule has 0 fully saturated rings. The van der Waals surface area contributed by atoms with Gasteiger partial charge in [-0.25, -0.2) is 0 Å². The molecule has 0 radical (unpaired) electrons. The highest BCUT2D eigenvalue weighted by molar-refractivity contribution is 6.84. The maximum Gasteiger partial charge on any atom is 0.0736 e. The van der Waals surface area contributed by atoms with E-state index in [0.29, 0.717) is 0 Å². The van der Waals surface area contributed by atoms with E-state index < -0.39 is 8.07 Å². The van der Waals surface area contributed by atoms with E-state index in [9.17, 15) is 0 Å². The van der Waals surface area contributed by atoms with Gasteiger partial charge in [-0.05, 0) is 35.6 Å². The summed E-state index contributed by atoms with van der Waals surface area (Å²) in [6, 6.07) is 4.75. The Morgan fingerprint density at radius 1 is 1.11 bits per heavy atom. The summed E-state index contributed by atoms with van der Waals surface area (Å²) >= 11 is 0. The average molecular weight is 273 g/mol. The van der Waals surface area contributed by atoms with Crippen molar-refractivity contribution in [2.45, 2.75) is 65.6 Å². The smallest absolute Gasteiger partial charge is 0.0707 e. The summed E-state index contributed by atoms with van der Waals surface area (Å²) in [7, 11) is -1.26. The van der Waals surface area contributed by atoms with Gasteiger partial charge in [0.25, 0.3) is 0 Å². The molecule has 0 bridgehead atoms. The van der Waals surface area contributed by atoms with Crippen molar-refractivity contribution < 1.29 is 0 Å². The monoisotopic (exact) mass is 272 g/mol. The van der Waals surface area contributed by atoms with Crippen LogP contribution in [0.1, 0.15) is 49.4 Å². The Balaban J connectivity index is 2.61. The Labute approximate surface area is 119 Å². The third-order valence-corrected chi connectivity index (χ3v) is 6.98. The van der Waals surface area contributed by atoms with Gasteiger partial charge < -0.3 is 0 Å². The van der Waals surface area contributed by atoms with E-state index in [0.717, 1.165) is 0 Å². The molecule has 1 aromatic rings. The highest BCUT2D eigenvalue weighted by atomic mass is 28.3. The second-order valence-corrected chi connectivity index (χ2v) is 12.5. The largest absolute Gasteiger partial charge is 0.0736 e. The van der Waals surface area contributed by atoms with Gasteiger partial charge >= 0.3 is 0 Å². The number of rotatable bonds is 3. The van der Waals surface area contributed by atoms with Crippen LogP contribution >= 0.6 is 0 Å². The molecular weight excluding hydrogens is 244 g/mol. The summed E-state index contributed by atoms with van der Waals surface area (Å²) in [5.74, 6) is 0. The van der Waals surface area contributed by atoms with Crippen molar-refractivity contribution >= 4 is 14.1 Å². The molecule has 0 N–H and O–H groups in total. The second-order valence-electron chi connectivity index (χ2n) is 7.49. The average Bonchev–Trinajstić information content (AvgIpc) is 2.55. The Morgan fingerprint density at radius 3 is 2.26 bits per heavy atom. The lowest BCUT2D eigenvalue weighted by atomic mass is 9.84. The zero-order valence-corrected chi connectivity index (χ0v) is 14.6. The Kier molecular flexibility index (Phi) is 3.55. The predicted octanol–water partition coefficient (Wildman–Crippen LogP) is 5.50. The molecule has 1 aliphatic rings. The van der Waals surface area contributed by atoms with Gasteiger partial charge in [0, 0.05) is 5.41 Å². The number of benzene rings is 1. The first-order chi connectivity index (χ1) is 8.69. The van der Waals surface area contributed by atoms with Crippen LogP contribution in [0.3, 0.4) is 0 Å². The van der Waals surface area contributed by atoms with Gasteiger partial charge in [0.1, 0.15) is 0 Å². The molecule has 0 saturated carbocycles. The van der Waals surface area contributed by atoms with Gasteiger partial charge in [0.05, 0.1) is 8.07 Å². The molecule has 0 nitrogen and oxygen atoms in total. The maximum absolute atomic E-state index is 2.52. The molecule has 0 aliphatic heterocycles. The van der Waals surface area contributed by atoms with Crippen LogP contribution in [0.15, 0.2) is 17.3 Å². The first kappa shape index (κ1) is 14.6. The highest BCUT2D eigenvalue weighted by Gasteiger charge is 2.39. The van der Waals surface area contributed by atoms with Crippen LogP contribution in [0.2, 0.25) is 19.6 Å². The number of hydrogen-bond donors (Lipinski definition) is 0. The lowest BCUT2D eigenvalue weighted by Gasteiger charge is -2.32. The SMILES string of the molecule is CCCc1ccc2c(c1C)C=C([Si](C)(C)C)C2(C)C. The first-order valence-corrected chi connectivity index (χ1v) is 11.0. The number of hydrogen-bond acceptors (Lipinski definition) is 0. The van der Waals surface area contributed by atoms with Crippen LogP contribution in [0, 0.1) is 6.92 Å². The maximum atomic E-state index is 2.52. The summed E-state index contributed by atoms with van der Waals surface area (Å²) in [5.41, 5.74) is 6.34. The molecular formula is C18H28Si. The second kappa shape index (κ2) is 4.62. The molecule has 1 aromatic carbocycles. The Bertz CT molecular complexity index is 527. The van der Waals surface area contributed by atoms with Gasteiger partial charge in [0.2, 0.25) is 0 Å². The van der Waals surface area contributed by atoms with Crippen molar-refractivity contribution in [3.8, 4) is 0 Å². The van der Waals surface area contributed by atoms with E-state index in [2.05, 4.69) is 65.5 Å². The highest BCUT2D eigenvalue weighted by Crippen LogP contribution is 2.46. The Hall–Kier alpha value is -0.823. The van der Waals surface area contributed by atoms with Crippen LogP contribution in [-0.2, 0) is 11.8 Å². The number of aryl methyl sites for hydroxylation is 1. The lowest BCUT2D eigenvalue weighted by molar-refractivity contribution is 0.662. The molecule has 1 heteroatoms. The van der Waals surface area contributed by atoms with Crippen LogP contribution in [-0.4, -0.2) is 8.07 Å². The molecule has 0 amide bonds. The third kappa shape index (κ3) is 2.33. The van der Waals surface area contributed by atoms with Gasteiger partial charge in [-0.2, -0.15) is 0 Å². The van der Waals surface area contributed by atoms with Gasteiger partial charge in [0.15, 0.2) is 0 Å². The molecule has 0 atom stereocenters. The van der Waals surface area contributed by atoms with Crippen LogP contribution in [0.5, 0.6) is 0 Å². The molecule has 104 valence electrons. The van der Waals surface area contributed by atoms with Gasteiger partial charge in [-0.1, -0.05) is 70.2 Å². The van der Waals surface area contributed by atoms with Crippen LogP contribution in [0.4, 0.5) is 0 Å². The van der Waals surface area contributed by atoms with Crippen LogP contribution in [0.25, 0.3) is 6.08 Å². The van der Waals surface area contributed by atoms with Crippen molar-refractivity contribution in [3.05, 3.63) is 39.6 Å². The molecule has 0 aromatic heterocycles. The summed E-state index contributed by atoms with van der Waals surface area (Å²) in [6.07, 6.45) is 4.96. The minimum atomic E-state index is -1.26.